The van der Waals surface area contributed by atoms with Crippen LogP contribution in [0.1, 0.15) is 18.4 Å². The average molecular weight is 366 g/mol. The summed E-state index contributed by atoms with van der Waals surface area (Å²) in [5, 5.41) is 0. The van der Waals surface area contributed by atoms with E-state index in [4.69, 9.17) is 5.73 Å². The quantitative estimate of drug-likeness (QED) is 0.891. The van der Waals surface area contributed by atoms with Crippen molar-refractivity contribution in [1.29, 1.82) is 0 Å². The van der Waals surface area contributed by atoms with Gasteiger partial charge in [0.25, 0.3) is 0 Å². The van der Waals surface area contributed by atoms with Crippen LogP contribution < -0.4 is 5.73 Å². The van der Waals surface area contributed by atoms with Crippen molar-refractivity contribution in [3.05, 3.63) is 35.9 Å². The largest absolute Gasteiger partial charge is 0.330 e. The highest BCUT2D eigenvalue weighted by molar-refractivity contribution is 8.93. The fourth-order valence-corrected chi connectivity index (χ4v) is 2.33. The summed E-state index contributed by atoms with van der Waals surface area (Å²) < 4.78 is 0. The van der Waals surface area contributed by atoms with Crippen molar-refractivity contribution in [3.8, 4) is 0 Å². The molecule has 0 aliphatic carbocycles. The molecule has 1 aromatic rings. The van der Waals surface area contributed by atoms with Crippen molar-refractivity contribution in [2.45, 2.75) is 19.4 Å². The number of nitrogens with zero attached hydrogens (tertiary/aromatic N) is 1. The average Bonchev–Trinajstić information content (AvgIpc) is 2.31. The topological polar surface area (TPSA) is 29.3 Å². The van der Waals surface area contributed by atoms with Crippen LogP contribution in [0, 0.1) is 5.92 Å². The number of nitrogens with two attached hydrogens (primary N) is 1. The van der Waals surface area contributed by atoms with Crippen molar-refractivity contribution in [2.75, 3.05) is 19.6 Å². The summed E-state index contributed by atoms with van der Waals surface area (Å²) in [7, 11) is 0. The highest BCUT2D eigenvalue weighted by Crippen LogP contribution is 2.17. The Labute approximate surface area is 125 Å². The maximum absolute atomic E-state index is 5.73. The second-order valence-corrected chi connectivity index (χ2v) is 4.46. The molecule has 1 saturated heterocycles. The van der Waals surface area contributed by atoms with Crippen molar-refractivity contribution in [2.24, 2.45) is 11.7 Å². The first-order valence-corrected chi connectivity index (χ1v) is 5.85. The molecule has 0 amide bonds. The van der Waals surface area contributed by atoms with E-state index in [1.54, 1.807) is 0 Å². The standard InChI is InChI=1S/C13H20N2.2BrH/c14-9-13-7-4-8-15(11-13)10-12-5-2-1-3-6-12;;/h1-3,5-6,13H,4,7-11,14H2;2*1H. The summed E-state index contributed by atoms with van der Waals surface area (Å²) >= 11 is 0. The third-order valence-corrected chi connectivity index (χ3v) is 3.19. The predicted octanol–water partition coefficient (Wildman–Crippen LogP) is 3.01. The molecule has 0 saturated carbocycles. The molecule has 2 nitrogen and oxygen atoms in total. The van der Waals surface area contributed by atoms with E-state index in [1.807, 2.05) is 0 Å². The van der Waals surface area contributed by atoms with Gasteiger partial charge in [0.2, 0.25) is 0 Å². The molecule has 1 aliphatic rings. The van der Waals surface area contributed by atoms with Gasteiger partial charge in [0.05, 0.1) is 0 Å². The van der Waals surface area contributed by atoms with Gasteiger partial charge in [-0.3, -0.25) is 4.90 Å². The molecule has 0 radical (unpaired) electrons. The van der Waals surface area contributed by atoms with E-state index in [0.29, 0.717) is 5.92 Å². The third-order valence-electron chi connectivity index (χ3n) is 3.19. The van der Waals surface area contributed by atoms with Gasteiger partial charge in [-0.05, 0) is 37.4 Å². The number of hydrogen-bond acceptors (Lipinski definition) is 2. The lowest BCUT2D eigenvalue weighted by atomic mass is 9.98. The van der Waals surface area contributed by atoms with Crippen LogP contribution in [0.25, 0.3) is 0 Å². The third kappa shape index (κ3) is 5.51. The van der Waals surface area contributed by atoms with Gasteiger partial charge in [-0.2, -0.15) is 0 Å². The lowest BCUT2D eigenvalue weighted by molar-refractivity contribution is 0.171. The minimum atomic E-state index is 0. The van der Waals surface area contributed by atoms with Crippen LogP contribution in [-0.4, -0.2) is 24.5 Å². The Morgan fingerprint density at radius 1 is 1.18 bits per heavy atom. The normalized spacial score (nSPS) is 20.2. The first-order valence-electron chi connectivity index (χ1n) is 5.85. The van der Waals surface area contributed by atoms with E-state index in [-0.39, 0.29) is 34.0 Å². The minimum Gasteiger partial charge on any atom is -0.330 e. The number of rotatable bonds is 3. The monoisotopic (exact) mass is 364 g/mol. The predicted molar refractivity (Wildman–Crippen MR) is 84.1 cm³/mol. The molecule has 98 valence electrons. The second-order valence-electron chi connectivity index (χ2n) is 4.46. The maximum Gasteiger partial charge on any atom is 0.0233 e. The molecule has 0 bridgehead atoms. The van der Waals surface area contributed by atoms with Crippen molar-refractivity contribution in [3.63, 3.8) is 0 Å². The van der Waals surface area contributed by atoms with E-state index in [0.717, 1.165) is 13.1 Å². The van der Waals surface area contributed by atoms with Crippen LogP contribution in [0.4, 0.5) is 0 Å². The van der Waals surface area contributed by atoms with E-state index in [1.165, 1.54) is 31.5 Å². The molecular weight excluding hydrogens is 344 g/mol. The van der Waals surface area contributed by atoms with Crippen LogP contribution >= 0.6 is 34.0 Å². The summed E-state index contributed by atoms with van der Waals surface area (Å²) in [4.78, 5) is 2.52. The van der Waals surface area contributed by atoms with Crippen molar-refractivity contribution >= 4 is 34.0 Å². The fraction of sp³-hybridized carbons (Fsp3) is 0.538. The van der Waals surface area contributed by atoms with Gasteiger partial charge in [0.1, 0.15) is 0 Å². The lowest BCUT2D eigenvalue weighted by Crippen LogP contribution is -2.37. The van der Waals surface area contributed by atoms with Gasteiger partial charge in [-0.1, -0.05) is 30.3 Å². The number of halogens is 2. The van der Waals surface area contributed by atoms with Crippen LogP contribution in [0.3, 0.4) is 0 Å². The van der Waals surface area contributed by atoms with E-state index in [2.05, 4.69) is 35.2 Å². The zero-order chi connectivity index (χ0) is 10.5. The molecule has 4 heteroatoms. The molecule has 17 heavy (non-hydrogen) atoms. The number of hydrogen-bond donors (Lipinski definition) is 1. The molecule has 2 rings (SSSR count). The number of benzene rings is 1. The van der Waals surface area contributed by atoms with Gasteiger partial charge < -0.3 is 5.73 Å². The molecule has 1 unspecified atom stereocenters. The Morgan fingerprint density at radius 2 is 1.88 bits per heavy atom. The Hall–Kier alpha value is 0.1000. The Morgan fingerprint density at radius 3 is 2.53 bits per heavy atom. The summed E-state index contributed by atoms with van der Waals surface area (Å²) in [5.41, 5.74) is 7.14. The smallest absolute Gasteiger partial charge is 0.0233 e. The van der Waals surface area contributed by atoms with Gasteiger partial charge in [0.15, 0.2) is 0 Å². The lowest BCUT2D eigenvalue weighted by Gasteiger charge is -2.32. The Balaban J connectivity index is 0.00000128. The molecule has 0 spiro atoms. The summed E-state index contributed by atoms with van der Waals surface area (Å²) in [6.07, 6.45) is 2.61. The highest BCUT2D eigenvalue weighted by Gasteiger charge is 2.18. The SMILES string of the molecule is Br.Br.NCC1CCCN(Cc2ccccc2)C1. The summed E-state index contributed by atoms with van der Waals surface area (Å²) in [6, 6.07) is 10.7. The first-order chi connectivity index (χ1) is 7.38. The maximum atomic E-state index is 5.73. The van der Waals surface area contributed by atoms with Crippen LogP contribution in [0.5, 0.6) is 0 Å². The van der Waals surface area contributed by atoms with Gasteiger partial charge in [-0.25, -0.2) is 0 Å². The van der Waals surface area contributed by atoms with Gasteiger partial charge in [0, 0.05) is 13.1 Å². The molecule has 1 fully saturated rings. The van der Waals surface area contributed by atoms with Gasteiger partial charge in [-0.15, -0.1) is 34.0 Å². The zero-order valence-electron chi connectivity index (χ0n) is 10.0. The number of piperidine rings is 1. The van der Waals surface area contributed by atoms with Crippen molar-refractivity contribution < 1.29 is 0 Å². The first kappa shape index (κ1) is 17.1. The van der Waals surface area contributed by atoms with Crippen LogP contribution in [0.15, 0.2) is 30.3 Å². The molecule has 1 aromatic carbocycles. The summed E-state index contributed by atoms with van der Waals surface area (Å²) in [6.45, 7) is 4.32. The Bertz CT molecular complexity index is 293. The van der Waals surface area contributed by atoms with Gasteiger partial charge >= 0.3 is 0 Å². The molecular formula is C13H22Br2N2. The fourth-order valence-electron chi connectivity index (χ4n) is 2.33. The molecule has 1 aliphatic heterocycles. The van der Waals surface area contributed by atoms with Crippen molar-refractivity contribution in [1.82, 2.24) is 4.90 Å². The molecule has 0 aromatic heterocycles. The van der Waals surface area contributed by atoms with E-state index in [9.17, 15) is 0 Å². The zero-order valence-corrected chi connectivity index (χ0v) is 13.5. The second kappa shape index (κ2) is 9.09. The van der Waals surface area contributed by atoms with E-state index >= 15 is 0 Å². The molecule has 1 heterocycles. The minimum absolute atomic E-state index is 0. The van der Waals surface area contributed by atoms with E-state index < -0.39 is 0 Å². The number of likely N-dealkylation sites (tertiary alicyclic amines) is 1. The van der Waals surface area contributed by atoms with Crippen LogP contribution in [-0.2, 0) is 6.54 Å². The molecule has 2 N–H and O–H groups in total. The van der Waals surface area contributed by atoms with Crippen LogP contribution in [0.2, 0.25) is 0 Å². The Kier molecular flexibility index (Phi) is 9.14. The molecule has 1 atom stereocenters. The summed E-state index contributed by atoms with van der Waals surface area (Å²) in [5.74, 6) is 0.711. The highest BCUT2D eigenvalue weighted by atomic mass is 79.9.